The Kier molecular flexibility index (Phi) is 3.73. The van der Waals surface area contributed by atoms with Gasteiger partial charge in [-0.15, -0.1) is 0 Å². The average molecular weight is 437 g/mol. The van der Waals surface area contributed by atoms with Gasteiger partial charge in [0.25, 0.3) is 0 Å². The maximum atomic E-state index is 13.1. The first-order chi connectivity index (χ1) is 16.0. The van der Waals surface area contributed by atoms with E-state index in [2.05, 4.69) is 66.1 Å². The molecule has 7 rings (SSSR count). The summed E-state index contributed by atoms with van der Waals surface area (Å²) in [6.45, 7) is 9.07. The van der Waals surface area contributed by atoms with E-state index in [0.29, 0.717) is 5.56 Å². The Morgan fingerprint density at radius 1 is 0.697 bits per heavy atom. The molecule has 166 valence electrons. The molecule has 1 aliphatic carbocycles. The van der Waals surface area contributed by atoms with Crippen molar-refractivity contribution in [2.45, 2.75) is 37.7 Å². The molecule has 2 saturated heterocycles. The summed E-state index contributed by atoms with van der Waals surface area (Å²) in [5.74, 6) is -0.235. The third kappa shape index (κ3) is 2.39. The molecule has 4 nitrogen and oxygen atoms in total. The van der Waals surface area contributed by atoms with Crippen LogP contribution in [0, 0.1) is 0 Å². The Morgan fingerprint density at radius 2 is 1.24 bits per heavy atom. The minimum absolute atomic E-state index is 0.207. The molecule has 1 spiro atoms. The van der Waals surface area contributed by atoms with E-state index in [-0.39, 0.29) is 11.4 Å². The molecule has 3 aliphatic heterocycles. The second-order valence-electron chi connectivity index (χ2n) is 10.4. The van der Waals surface area contributed by atoms with E-state index in [4.69, 9.17) is 4.74 Å². The number of hydrogen-bond acceptors (Lipinski definition) is 4. The summed E-state index contributed by atoms with van der Waals surface area (Å²) in [5.41, 5.74) is 7.77. The van der Waals surface area contributed by atoms with Crippen molar-refractivity contribution in [3.63, 3.8) is 0 Å². The third-order valence-electron chi connectivity index (χ3n) is 8.33. The van der Waals surface area contributed by atoms with Crippen molar-refractivity contribution in [1.82, 2.24) is 0 Å². The smallest absolute Gasteiger partial charge is 0.340 e. The number of benzene rings is 3. The summed E-state index contributed by atoms with van der Waals surface area (Å²) in [5, 5.41) is 0. The number of rotatable bonds is 2. The first-order valence-corrected chi connectivity index (χ1v) is 12.1. The zero-order chi connectivity index (χ0) is 22.4. The van der Waals surface area contributed by atoms with E-state index in [1.54, 1.807) is 0 Å². The SMILES string of the molecule is CC1(C)c2cc(N3CCC3)ccc2C2(OC(=O)c3ccccc32)c2ccc(N3CCC3)cc21. The molecule has 2 fully saturated rings. The standard InChI is InChI=1S/C29H28N2O2/c1-28(2)25-17-19(30-13-5-14-30)9-11-23(25)29(22-8-4-3-7-21(22)27(32)33-29)24-12-10-20(18-26(24)28)31-15-6-16-31/h3-4,7-12,17-18H,5-6,13-16H2,1-2H3. The van der Waals surface area contributed by atoms with Gasteiger partial charge in [0, 0.05) is 59.7 Å². The zero-order valence-electron chi connectivity index (χ0n) is 19.2. The fourth-order valence-electron chi connectivity index (χ4n) is 6.16. The van der Waals surface area contributed by atoms with Gasteiger partial charge in [-0.1, -0.05) is 44.2 Å². The Hall–Kier alpha value is -3.27. The van der Waals surface area contributed by atoms with Crippen LogP contribution in [-0.4, -0.2) is 32.1 Å². The lowest BCUT2D eigenvalue weighted by Crippen LogP contribution is -2.43. The number of fused-ring (bicyclic) bond motifs is 6. The molecule has 0 bridgehead atoms. The van der Waals surface area contributed by atoms with E-state index in [0.717, 1.165) is 42.9 Å². The second-order valence-corrected chi connectivity index (χ2v) is 10.4. The van der Waals surface area contributed by atoms with Crippen molar-refractivity contribution in [3.8, 4) is 0 Å². The molecule has 4 heteroatoms. The molecule has 0 amide bonds. The van der Waals surface area contributed by atoms with Gasteiger partial charge < -0.3 is 14.5 Å². The first kappa shape index (κ1) is 19.2. The Bertz CT molecular complexity index is 1250. The third-order valence-corrected chi connectivity index (χ3v) is 8.33. The molecule has 3 aromatic rings. The van der Waals surface area contributed by atoms with Crippen LogP contribution in [0.3, 0.4) is 0 Å². The number of anilines is 2. The molecular weight excluding hydrogens is 408 g/mol. The van der Waals surface area contributed by atoms with E-state index in [1.807, 2.05) is 18.2 Å². The van der Waals surface area contributed by atoms with Gasteiger partial charge in [0.15, 0.2) is 5.60 Å². The summed E-state index contributed by atoms with van der Waals surface area (Å²) in [6, 6.07) is 21.5. The average Bonchev–Trinajstić information content (AvgIpc) is 3.04. The van der Waals surface area contributed by atoms with Crippen LogP contribution in [-0.2, 0) is 15.8 Å². The lowest BCUT2D eigenvalue weighted by molar-refractivity contribution is 0.0231. The monoisotopic (exact) mass is 436 g/mol. The van der Waals surface area contributed by atoms with Crippen molar-refractivity contribution < 1.29 is 9.53 Å². The van der Waals surface area contributed by atoms with Gasteiger partial charge in [0.1, 0.15) is 0 Å². The minimum Gasteiger partial charge on any atom is -0.441 e. The van der Waals surface area contributed by atoms with Crippen LogP contribution in [0.2, 0.25) is 0 Å². The Labute approximate surface area is 194 Å². The summed E-state index contributed by atoms with van der Waals surface area (Å²) in [4.78, 5) is 18.0. The van der Waals surface area contributed by atoms with Crippen LogP contribution in [0.1, 0.15) is 64.9 Å². The Balaban J connectivity index is 1.53. The number of esters is 1. The second kappa shape index (κ2) is 6.40. The summed E-state index contributed by atoms with van der Waals surface area (Å²) in [7, 11) is 0. The molecule has 0 atom stereocenters. The fraction of sp³-hybridized carbons (Fsp3) is 0.345. The predicted octanol–water partition coefficient (Wildman–Crippen LogP) is 5.21. The van der Waals surface area contributed by atoms with Crippen molar-refractivity contribution in [2.75, 3.05) is 36.0 Å². The molecule has 0 N–H and O–H groups in total. The van der Waals surface area contributed by atoms with Gasteiger partial charge in [0.05, 0.1) is 5.56 Å². The number of nitrogens with zero attached hydrogens (tertiary/aromatic N) is 2. The molecule has 33 heavy (non-hydrogen) atoms. The molecule has 3 heterocycles. The molecule has 4 aliphatic rings. The molecule has 0 unspecified atom stereocenters. The summed E-state index contributed by atoms with van der Waals surface area (Å²) >= 11 is 0. The van der Waals surface area contributed by atoms with Gasteiger partial charge in [-0.05, 0) is 54.3 Å². The van der Waals surface area contributed by atoms with E-state index < -0.39 is 5.60 Å². The maximum Gasteiger partial charge on any atom is 0.340 e. The lowest BCUT2D eigenvalue weighted by atomic mass is 9.61. The van der Waals surface area contributed by atoms with Gasteiger partial charge in [0.2, 0.25) is 0 Å². The fourth-order valence-corrected chi connectivity index (χ4v) is 6.16. The summed E-state index contributed by atoms with van der Waals surface area (Å²) in [6.07, 6.45) is 2.49. The van der Waals surface area contributed by atoms with Crippen LogP contribution in [0.5, 0.6) is 0 Å². The quantitative estimate of drug-likeness (QED) is 0.517. The zero-order valence-corrected chi connectivity index (χ0v) is 19.2. The predicted molar refractivity (Wildman–Crippen MR) is 130 cm³/mol. The van der Waals surface area contributed by atoms with Crippen LogP contribution in [0.4, 0.5) is 11.4 Å². The van der Waals surface area contributed by atoms with E-state index in [1.165, 1.54) is 35.3 Å². The van der Waals surface area contributed by atoms with Crippen molar-refractivity contribution in [3.05, 3.63) is 94.0 Å². The molecular formula is C29H28N2O2. The minimum atomic E-state index is -0.894. The van der Waals surface area contributed by atoms with Crippen molar-refractivity contribution >= 4 is 17.3 Å². The molecule has 3 aromatic carbocycles. The summed E-state index contributed by atoms with van der Waals surface area (Å²) < 4.78 is 6.42. The van der Waals surface area contributed by atoms with Crippen molar-refractivity contribution in [1.29, 1.82) is 0 Å². The highest BCUT2D eigenvalue weighted by atomic mass is 16.6. The molecule has 0 saturated carbocycles. The van der Waals surface area contributed by atoms with E-state index >= 15 is 0 Å². The van der Waals surface area contributed by atoms with Crippen LogP contribution in [0.25, 0.3) is 0 Å². The largest absolute Gasteiger partial charge is 0.441 e. The molecule has 0 radical (unpaired) electrons. The first-order valence-electron chi connectivity index (χ1n) is 12.1. The van der Waals surface area contributed by atoms with Gasteiger partial charge in [-0.3, -0.25) is 0 Å². The number of hydrogen-bond donors (Lipinski definition) is 0. The lowest BCUT2D eigenvalue weighted by Gasteiger charge is -2.46. The van der Waals surface area contributed by atoms with Gasteiger partial charge >= 0.3 is 5.97 Å². The number of ether oxygens (including phenoxy) is 1. The van der Waals surface area contributed by atoms with E-state index in [9.17, 15) is 4.79 Å². The highest BCUT2D eigenvalue weighted by Crippen LogP contribution is 2.57. The van der Waals surface area contributed by atoms with Gasteiger partial charge in [-0.2, -0.15) is 0 Å². The van der Waals surface area contributed by atoms with Crippen LogP contribution >= 0.6 is 0 Å². The molecule has 0 aromatic heterocycles. The maximum absolute atomic E-state index is 13.1. The Morgan fingerprint density at radius 3 is 1.76 bits per heavy atom. The highest BCUT2D eigenvalue weighted by molar-refractivity contribution is 5.97. The van der Waals surface area contributed by atoms with Gasteiger partial charge in [-0.25, -0.2) is 4.79 Å². The normalized spacial score (nSPS) is 21.0. The van der Waals surface area contributed by atoms with Crippen LogP contribution < -0.4 is 9.80 Å². The number of carbonyl (C=O) groups is 1. The topological polar surface area (TPSA) is 32.8 Å². The highest BCUT2D eigenvalue weighted by Gasteiger charge is 2.55. The van der Waals surface area contributed by atoms with Crippen LogP contribution in [0.15, 0.2) is 60.7 Å². The van der Waals surface area contributed by atoms with Crippen molar-refractivity contribution in [2.24, 2.45) is 0 Å². The number of carbonyl (C=O) groups excluding carboxylic acids is 1.